The molecule has 0 N–H and O–H groups in total. The van der Waals surface area contributed by atoms with E-state index in [-0.39, 0.29) is 11.7 Å². The Labute approximate surface area is 159 Å². The maximum atomic E-state index is 13.9. The van der Waals surface area contributed by atoms with E-state index in [1.165, 1.54) is 6.07 Å². The van der Waals surface area contributed by atoms with Gasteiger partial charge in [-0.25, -0.2) is 4.39 Å². The Bertz CT molecular complexity index is 766. The van der Waals surface area contributed by atoms with Gasteiger partial charge in [0.25, 0.3) is 0 Å². The fraction of sp³-hybridized carbons (Fsp3) is 0.381. The van der Waals surface area contributed by atoms with Crippen LogP contribution in [0.2, 0.25) is 0 Å². The third kappa shape index (κ3) is 4.70. The van der Waals surface area contributed by atoms with E-state index >= 15 is 0 Å². The number of piperazine rings is 1. The zero-order valence-corrected chi connectivity index (χ0v) is 15.8. The second-order valence-electron chi connectivity index (χ2n) is 6.54. The topological polar surface area (TPSA) is 42.0 Å². The first-order valence-electron chi connectivity index (χ1n) is 9.10. The lowest BCUT2D eigenvalue weighted by atomic mass is 10.1. The quantitative estimate of drug-likeness (QED) is 0.781. The highest BCUT2D eigenvalue weighted by molar-refractivity contribution is 5.77. The summed E-state index contributed by atoms with van der Waals surface area (Å²) in [5.74, 6) is 1.33. The number of carbonyl (C=O) groups is 1. The molecule has 1 aliphatic heterocycles. The summed E-state index contributed by atoms with van der Waals surface area (Å²) < 4.78 is 24.5. The number of nitrogens with zero attached hydrogens (tertiary/aromatic N) is 2. The van der Waals surface area contributed by atoms with E-state index in [9.17, 15) is 9.18 Å². The Kier molecular flexibility index (Phi) is 6.16. The van der Waals surface area contributed by atoms with Crippen molar-refractivity contribution in [3.8, 4) is 11.5 Å². The van der Waals surface area contributed by atoms with Gasteiger partial charge in [0.15, 0.2) is 0 Å². The van der Waals surface area contributed by atoms with Crippen molar-refractivity contribution < 1.29 is 18.7 Å². The Balaban J connectivity index is 1.54. The first-order valence-corrected chi connectivity index (χ1v) is 9.10. The summed E-state index contributed by atoms with van der Waals surface area (Å²) in [5, 5.41) is 0. The minimum atomic E-state index is -0.218. The molecule has 0 aliphatic carbocycles. The highest BCUT2D eigenvalue weighted by Gasteiger charge is 2.22. The summed E-state index contributed by atoms with van der Waals surface area (Å²) in [6, 6.07) is 12.4. The highest BCUT2D eigenvalue weighted by atomic mass is 19.1. The van der Waals surface area contributed by atoms with Gasteiger partial charge in [-0.15, -0.1) is 0 Å². The van der Waals surface area contributed by atoms with Gasteiger partial charge in [0.1, 0.15) is 17.3 Å². The van der Waals surface area contributed by atoms with Crippen molar-refractivity contribution in [1.29, 1.82) is 0 Å². The van der Waals surface area contributed by atoms with Crippen molar-refractivity contribution in [3.63, 3.8) is 0 Å². The predicted molar refractivity (Wildman–Crippen MR) is 103 cm³/mol. The largest absolute Gasteiger partial charge is 0.497 e. The number of benzene rings is 2. The molecule has 3 rings (SSSR count). The molecule has 0 atom stereocenters. The van der Waals surface area contributed by atoms with Gasteiger partial charge in [0.05, 0.1) is 19.9 Å². The number of anilines is 1. The van der Waals surface area contributed by atoms with Crippen LogP contribution in [0.5, 0.6) is 11.5 Å². The smallest absolute Gasteiger partial charge is 0.223 e. The molecule has 1 saturated heterocycles. The average Bonchev–Trinajstić information content (AvgIpc) is 2.72. The van der Waals surface area contributed by atoms with Gasteiger partial charge in [-0.3, -0.25) is 4.79 Å². The van der Waals surface area contributed by atoms with Crippen LogP contribution in [0.3, 0.4) is 0 Å². The predicted octanol–water partition coefficient (Wildman–Crippen LogP) is 3.12. The molecular weight excluding hydrogens is 347 g/mol. The molecule has 1 aliphatic rings. The Morgan fingerprint density at radius 2 is 1.63 bits per heavy atom. The van der Waals surface area contributed by atoms with Gasteiger partial charge in [-0.1, -0.05) is 12.1 Å². The third-order valence-electron chi connectivity index (χ3n) is 4.86. The van der Waals surface area contributed by atoms with Crippen LogP contribution in [0, 0.1) is 5.82 Å². The van der Waals surface area contributed by atoms with Crippen LogP contribution in [0.25, 0.3) is 0 Å². The first-order chi connectivity index (χ1) is 13.1. The maximum Gasteiger partial charge on any atom is 0.223 e. The Morgan fingerprint density at radius 1 is 1.00 bits per heavy atom. The van der Waals surface area contributed by atoms with E-state index in [0.717, 1.165) is 17.1 Å². The second kappa shape index (κ2) is 8.75. The standard InChI is InChI=1S/C21H25FN2O3/c1-26-17-13-16(14-18(15-17)27-2)7-8-21(25)24-11-9-23(10-12-24)20-6-4-3-5-19(20)22/h3-6,13-15H,7-12H2,1-2H3. The number of aryl methyl sites for hydroxylation is 1. The number of halogens is 1. The molecule has 0 aromatic heterocycles. The molecular formula is C21H25FN2O3. The van der Waals surface area contributed by atoms with Gasteiger partial charge >= 0.3 is 0 Å². The number of methoxy groups -OCH3 is 2. The minimum absolute atomic E-state index is 0.116. The number of amides is 1. The van der Waals surface area contributed by atoms with Crippen LogP contribution in [-0.4, -0.2) is 51.2 Å². The number of hydrogen-bond donors (Lipinski definition) is 0. The van der Waals surface area contributed by atoms with Crippen molar-refractivity contribution in [3.05, 3.63) is 53.8 Å². The van der Waals surface area contributed by atoms with Crippen molar-refractivity contribution in [1.82, 2.24) is 4.90 Å². The van der Waals surface area contributed by atoms with Gasteiger partial charge < -0.3 is 19.3 Å². The van der Waals surface area contributed by atoms with Crippen molar-refractivity contribution in [2.75, 3.05) is 45.3 Å². The van der Waals surface area contributed by atoms with E-state index in [1.54, 1.807) is 26.4 Å². The molecule has 2 aromatic rings. The van der Waals surface area contributed by atoms with Gasteiger partial charge in [0.2, 0.25) is 5.91 Å². The normalized spacial score (nSPS) is 14.2. The number of ether oxygens (including phenoxy) is 2. The van der Waals surface area contributed by atoms with Crippen LogP contribution in [0.15, 0.2) is 42.5 Å². The zero-order chi connectivity index (χ0) is 19.2. The van der Waals surface area contributed by atoms with E-state index < -0.39 is 0 Å². The molecule has 27 heavy (non-hydrogen) atoms. The lowest BCUT2D eigenvalue weighted by Crippen LogP contribution is -2.49. The highest BCUT2D eigenvalue weighted by Crippen LogP contribution is 2.24. The van der Waals surface area contributed by atoms with Crippen molar-refractivity contribution >= 4 is 11.6 Å². The maximum absolute atomic E-state index is 13.9. The van der Waals surface area contributed by atoms with E-state index in [4.69, 9.17) is 9.47 Å². The minimum Gasteiger partial charge on any atom is -0.497 e. The molecule has 5 nitrogen and oxygen atoms in total. The summed E-state index contributed by atoms with van der Waals surface area (Å²) in [6.07, 6.45) is 1.05. The van der Waals surface area contributed by atoms with Gasteiger partial charge in [0, 0.05) is 38.7 Å². The Hall–Kier alpha value is -2.76. The second-order valence-corrected chi connectivity index (χ2v) is 6.54. The van der Waals surface area contributed by atoms with E-state index in [1.807, 2.05) is 34.1 Å². The van der Waals surface area contributed by atoms with E-state index in [2.05, 4.69) is 0 Å². The van der Waals surface area contributed by atoms with Crippen LogP contribution in [-0.2, 0) is 11.2 Å². The molecule has 144 valence electrons. The summed E-state index contributed by atoms with van der Waals surface area (Å²) in [4.78, 5) is 16.4. The van der Waals surface area contributed by atoms with Gasteiger partial charge in [-0.2, -0.15) is 0 Å². The fourth-order valence-electron chi connectivity index (χ4n) is 3.33. The molecule has 1 heterocycles. The third-order valence-corrected chi connectivity index (χ3v) is 4.86. The molecule has 0 spiro atoms. The Morgan fingerprint density at radius 3 is 2.22 bits per heavy atom. The molecule has 6 heteroatoms. The molecule has 0 bridgehead atoms. The molecule has 0 unspecified atom stereocenters. The van der Waals surface area contributed by atoms with Crippen molar-refractivity contribution in [2.45, 2.75) is 12.8 Å². The van der Waals surface area contributed by atoms with Crippen LogP contribution in [0.1, 0.15) is 12.0 Å². The van der Waals surface area contributed by atoms with Crippen LogP contribution < -0.4 is 14.4 Å². The number of carbonyl (C=O) groups excluding carboxylic acids is 1. The summed E-state index contributed by atoms with van der Waals surface area (Å²) in [7, 11) is 3.22. The molecule has 2 aromatic carbocycles. The molecule has 0 saturated carbocycles. The van der Waals surface area contributed by atoms with Crippen molar-refractivity contribution in [2.24, 2.45) is 0 Å². The zero-order valence-electron chi connectivity index (χ0n) is 15.8. The number of para-hydroxylation sites is 1. The number of rotatable bonds is 6. The lowest BCUT2D eigenvalue weighted by Gasteiger charge is -2.36. The SMILES string of the molecule is COc1cc(CCC(=O)N2CCN(c3ccccc3F)CC2)cc(OC)c1. The van der Waals surface area contributed by atoms with Crippen LogP contribution in [0.4, 0.5) is 10.1 Å². The fourth-order valence-corrected chi connectivity index (χ4v) is 3.33. The molecule has 1 amide bonds. The average molecular weight is 372 g/mol. The lowest BCUT2D eigenvalue weighted by molar-refractivity contribution is -0.131. The van der Waals surface area contributed by atoms with Crippen LogP contribution >= 0.6 is 0 Å². The molecule has 0 radical (unpaired) electrons. The summed E-state index contributed by atoms with van der Waals surface area (Å²) in [5.41, 5.74) is 1.61. The molecule has 1 fully saturated rings. The summed E-state index contributed by atoms with van der Waals surface area (Å²) in [6.45, 7) is 2.49. The monoisotopic (exact) mass is 372 g/mol. The van der Waals surface area contributed by atoms with Gasteiger partial charge in [-0.05, 0) is 36.2 Å². The summed E-state index contributed by atoms with van der Waals surface area (Å²) >= 11 is 0. The van der Waals surface area contributed by atoms with E-state index in [0.29, 0.717) is 44.7 Å². The first kappa shape index (κ1) is 19.0. The number of hydrogen-bond acceptors (Lipinski definition) is 4.